The first-order valence-electron chi connectivity index (χ1n) is 18.6. The molecular formula is C37H73NO2. The molecule has 2 N–H and O–H groups in total. The van der Waals surface area contributed by atoms with Crippen molar-refractivity contribution in [2.75, 3.05) is 0 Å². The highest BCUT2D eigenvalue weighted by molar-refractivity contribution is 5.76. The molecule has 3 nitrogen and oxygen atoms in total. The molecule has 1 aliphatic rings. The lowest BCUT2D eigenvalue weighted by molar-refractivity contribution is -0.122. The number of rotatable bonds is 30. The predicted molar refractivity (Wildman–Crippen MR) is 176 cm³/mol. The van der Waals surface area contributed by atoms with E-state index < -0.39 is 6.10 Å². The zero-order valence-electron chi connectivity index (χ0n) is 27.7. The largest absolute Gasteiger partial charge is 0.391 e. The Morgan fingerprint density at radius 3 is 1.50 bits per heavy atom. The van der Waals surface area contributed by atoms with E-state index in [2.05, 4.69) is 26.1 Å². The zero-order chi connectivity index (χ0) is 29.1. The summed E-state index contributed by atoms with van der Waals surface area (Å²) in [4.78, 5) is 12.4. The summed E-state index contributed by atoms with van der Waals surface area (Å²) < 4.78 is 0. The predicted octanol–water partition coefficient (Wildman–Crippen LogP) is 11.5. The fourth-order valence-corrected chi connectivity index (χ4v) is 6.78. The molecule has 1 rings (SSSR count). The summed E-state index contributed by atoms with van der Waals surface area (Å²) >= 11 is 0. The van der Waals surface area contributed by atoms with Gasteiger partial charge in [0.15, 0.2) is 0 Å². The molecule has 0 radical (unpaired) electrons. The van der Waals surface area contributed by atoms with E-state index in [4.69, 9.17) is 0 Å². The molecule has 2 atom stereocenters. The summed E-state index contributed by atoms with van der Waals surface area (Å²) in [6.07, 6.45) is 37.0. The van der Waals surface area contributed by atoms with Gasteiger partial charge in [0.05, 0.1) is 12.1 Å². The van der Waals surface area contributed by atoms with Crippen molar-refractivity contribution in [1.29, 1.82) is 0 Å². The second-order valence-corrected chi connectivity index (χ2v) is 13.5. The highest BCUT2D eigenvalue weighted by Gasteiger charge is 2.27. The van der Waals surface area contributed by atoms with Crippen molar-refractivity contribution in [2.24, 2.45) is 11.8 Å². The Kier molecular flexibility index (Phi) is 25.5. The number of nitrogens with one attached hydrogen (secondary N) is 1. The molecule has 0 saturated heterocycles. The molecule has 0 aromatic heterocycles. The van der Waals surface area contributed by atoms with Crippen molar-refractivity contribution in [2.45, 2.75) is 219 Å². The van der Waals surface area contributed by atoms with Crippen LogP contribution in [0.15, 0.2) is 0 Å². The van der Waals surface area contributed by atoms with Crippen molar-refractivity contribution in [3.63, 3.8) is 0 Å². The first kappa shape index (κ1) is 37.5. The molecule has 0 spiro atoms. The number of carbonyl (C=O) groups excluding carboxylic acids is 1. The van der Waals surface area contributed by atoms with Crippen LogP contribution in [0.5, 0.6) is 0 Å². The molecule has 3 heteroatoms. The van der Waals surface area contributed by atoms with Crippen LogP contribution in [0.2, 0.25) is 0 Å². The number of aliphatic hydroxyl groups is 1. The second-order valence-electron chi connectivity index (χ2n) is 13.5. The molecule has 1 fully saturated rings. The van der Waals surface area contributed by atoms with Gasteiger partial charge >= 0.3 is 0 Å². The summed E-state index contributed by atoms with van der Waals surface area (Å²) in [6.45, 7) is 6.66. The van der Waals surface area contributed by atoms with Crippen molar-refractivity contribution >= 4 is 5.91 Å². The van der Waals surface area contributed by atoms with Crippen LogP contribution in [0, 0.1) is 11.8 Å². The van der Waals surface area contributed by atoms with Crippen molar-refractivity contribution in [3.8, 4) is 0 Å². The van der Waals surface area contributed by atoms with Gasteiger partial charge in [0.1, 0.15) is 0 Å². The Morgan fingerprint density at radius 1 is 0.600 bits per heavy atom. The maximum atomic E-state index is 12.4. The molecule has 1 aliphatic carbocycles. The Morgan fingerprint density at radius 2 is 1.00 bits per heavy atom. The van der Waals surface area contributed by atoms with Gasteiger partial charge in [-0.25, -0.2) is 0 Å². The van der Waals surface area contributed by atoms with Gasteiger partial charge in [-0.2, -0.15) is 0 Å². The van der Waals surface area contributed by atoms with Crippen LogP contribution < -0.4 is 5.32 Å². The normalized spacial score (nSPS) is 18.4. The fourth-order valence-electron chi connectivity index (χ4n) is 6.78. The number of hydrogen-bond donors (Lipinski definition) is 2. The van der Waals surface area contributed by atoms with Gasteiger partial charge in [0.25, 0.3) is 0 Å². The molecule has 238 valence electrons. The van der Waals surface area contributed by atoms with E-state index in [0.29, 0.717) is 6.42 Å². The Hall–Kier alpha value is -0.570. The Balaban J connectivity index is 1.89. The number of unbranched alkanes of at least 4 members (excludes halogenated alkanes) is 19. The van der Waals surface area contributed by atoms with Gasteiger partial charge in [-0.05, 0) is 43.9 Å². The number of carbonyl (C=O) groups is 1. The summed E-state index contributed by atoms with van der Waals surface area (Å²) in [5, 5.41) is 13.8. The van der Waals surface area contributed by atoms with Gasteiger partial charge in [-0.3, -0.25) is 4.79 Å². The van der Waals surface area contributed by atoms with Crippen LogP contribution >= 0.6 is 0 Å². The first-order chi connectivity index (χ1) is 19.6. The van der Waals surface area contributed by atoms with Gasteiger partial charge < -0.3 is 10.4 Å². The van der Waals surface area contributed by atoms with Crippen LogP contribution in [0.1, 0.15) is 207 Å². The van der Waals surface area contributed by atoms with E-state index in [9.17, 15) is 9.90 Å². The van der Waals surface area contributed by atoms with Gasteiger partial charge in [0, 0.05) is 6.42 Å². The number of hydrogen-bond acceptors (Lipinski definition) is 2. The average molecular weight is 564 g/mol. The van der Waals surface area contributed by atoms with E-state index in [-0.39, 0.29) is 11.9 Å². The van der Waals surface area contributed by atoms with E-state index in [0.717, 1.165) is 43.9 Å². The Labute approximate surface area is 251 Å². The standard InChI is InChI=1S/C37H73NO2/c1-4-7-9-10-11-12-13-14-15-19-22-26-30-37(40)38-35(6-3)36(39)29-25-21-18-16-17-20-24-28-34-31-33(32-34)27-23-8-5-2/h33-36,39H,4-32H2,1-3H3,(H,38,40). The van der Waals surface area contributed by atoms with Crippen molar-refractivity contribution < 1.29 is 9.90 Å². The monoisotopic (exact) mass is 564 g/mol. The molecule has 0 aromatic carbocycles. The summed E-state index contributed by atoms with van der Waals surface area (Å²) in [5.74, 6) is 2.24. The Bertz CT molecular complexity index is 544. The third kappa shape index (κ3) is 21.2. The van der Waals surface area contributed by atoms with Gasteiger partial charge in [-0.15, -0.1) is 0 Å². The number of amides is 1. The van der Waals surface area contributed by atoms with E-state index in [1.165, 1.54) is 148 Å². The molecule has 2 unspecified atom stereocenters. The lowest BCUT2D eigenvalue weighted by Crippen LogP contribution is -2.42. The molecular weight excluding hydrogens is 490 g/mol. The molecule has 40 heavy (non-hydrogen) atoms. The first-order valence-corrected chi connectivity index (χ1v) is 18.6. The van der Waals surface area contributed by atoms with Crippen LogP contribution in [0.4, 0.5) is 0 Å². The molecule has 1 saturated carbocycles. The van der Waals surface area contributed by atoms with E-state index in [1.807, 2.05) is 0 Å². The molecule has 0 aromatic rings. The molecule has 0 bridgehead atoms. The van der Waals surface area contributed by atoms with Crippen LogP contribution in [0.3, 0.4) is 0 Å². The third-order valence-electron chi connectivity index (χ3n) is 9.67. The lowest BCUT2D eigenvalue weighted by Gasteiger charge is -2.35. The fraction of sp³-hybridized carbons (Fsp3) is 0.973. The van der Waals surface area contributed by atoms with Crippen LogP contribution in [-0.4, -0.2) is 23.2 Å². The lowest BCUT2D eigenvalue weighted by atomic mass is 9.70. The van der Waals surface area contributed by atoms with E-state index in [1.54, 1.807) is 0 Å². The minimum absolute atomic E-state index is 0.0809. The topological polar surface area (TPSA) is 49.3 Å². The smallest absolute Gasteiger partial charge is 0.220 e. The summed E-state index contributed by atoms with van der Waals surface area (Å²) in [5.41, 5.74) is 0. The SMILES string of the molecule is CCCCCCCCCCCCCCC(=O)NC(CC)C(O)CCCCCCCCCC1CC(CCCCC)C1. The van der Waals surface area contributed by atoms with Crippen molar-refractivity contribution in [1.82, 2.24) is 5.32 Å². The second kappa shape index (κ2) is 27.3. The minimum Gasteiger partial charge on any atom is -0.391 e. The van der Waals surface area contributed by atoms with Crippen molar-refractivity contribution in [3.05, 3.63) is 0 Å². The summed E-state index contributed by atoms with van der Waals surface area (Å²) in [6, 6.07) is -0.0809. The maximum Gasteiger partial charge on any atom is 0.220 e. The molecule has 0 aliphatic heterocycles. The minimum atomic E-state index is -0.399. The average Bonchev–Trinajstić information content (AvgIpc) is 2.93. The zero-order valence-corrected chi connectivity index (χ0v) is 27.7. The quantitative estimate of drug-likeness (QED) is 0.0854. The van der Waals surface area contributed by atoms with Gasteiger partial charge in [0.2, 0.25) is 5.91 Å². The summed E-state index contributed by atoms with van der Waals surface area (Å²) in [7, 11) is 0. The van der Waals surface area contributed by atoms with Gasteiger partial charge in [-0.1, -0.05) is 168 Å². The van der Waals surface area contributed by atoms with E-state index >= 15 is 0 Å². The highest BCUT2D eigenvalue weighted by atomic mass is 16.3. The molecule has 0 heterocycles. The van der Waals surface area contributed by atoms with Crippen LogP contribution in [-0.2, 0) is 4.79 Å². The molecule has 1 amide bonds. The third-order valence-corrected chi connectivity index (χ3v) is 9.67. The van der Waals surface area contributed by atoms with Crippen LogP contribution in [0.25, 0.3) is 0 Å². The maximum absolute atomic E-state index is 12.4. The number of aliphatic hydroxyl groups excluding tert-OH is 1. The highest BCUT2D eigenvalue weighted by Crippen LogP contribution is 2.40.